The number of H-pyrrole nitrogens is 1. The van der Waals surface area contributed by atoms with E-state index in [-0.39, 0.29) is 0 Å². The van der Waals surface area contributed by atoms with Crippen molar-refractivity contribution in [1.82, 2.24) is 35.4 Å². The minimum Gasteiger partial charge on any atom is -0.245 e. The third kappa shape index (κ3) is 4.18. The third-order valence-electron chi connectivity index (χ3n) is 5.42. The molecule has 5 rings (SSSR count). The predicted octanol–water partition coefficient (Wildman–Crippen LogP) is 4.33. The van der Waals surface area contributed by atoms with E-state index in [1.165, 1.54) is 11.1 Å². The molecule has 0 spiro atoms. The predicted molar refractivity (Wildman–Crippen MR) is 123 cm³/mol. The lowest BCUT2D eigenvalue weighted by molar-refractivity contribution is 0.638. The van der Waals surface area contributed by atoms with Gasteiger partial charge in [0.1, 0.15) is 5.82 Å². The van der Waals surface area contributed by atoms with Gasteiger partial charge in [-0.1, -0.05) is 85.8 Å². The van der Waals surface area contributed by atoms with E-state index < -0.39 is 0 Å². The summed E-state index contributed by atoms with van der Waals surface area (Å²) < 4.78 is 2.01. The molecule has 0 amide bonds. The monoisotopic (exact) mass is 421 g/mol. The van der Waals surface area contributed by atoms with Crippen molar-refractivity contribution < 1.29 is 0 Å². The Morgan fingerprint density at radius 2 is 1.56 bits per heavy atom. The summed E-state index contributed by atoms with van der Waals surface area (Å²) in [5.74, 6) is 2.45. The van der Waals surface area contributed by atoms with Gasteiger partial charge >= 0.3 is 0 Å². The maximum Gasteiger partial charge on any atom is 0.205 e. The van der Waals surface area contributed by atoms with Gasteiger partial charge in [0.25, 0.3) is 0 Å². The quantitative estimate of drug-likeness (QED) is 0.423. The second kappa shape index (κ2) is 8.93. The van der Waals surface area contributed by atoms with E-state index in [9.17, 15) is 0 Å². The van der Waals surface area contributed by atoms with E-state index in [1.54, 1.807) is 0 Å². The summed E-state index contributed by atoms with van der Waals surface area (Å²) in [6.45, 7) is 2.81. The molecule has 3 aromatic carbocycles. The van der Waals surface area contributed by atoms with E-state index >= 15 is 0 Å². The van der Waals surface area contributed by atoms with E-state index in [0.29, 0.717) is 12.4 Å². The highest BCUT2D eigenvalue weighted by Crippen LogP contribution is 2.29. The second-order valence-corrected chi connectivity index (χ2v) is 7.60. The number of nitrogens with one attached hydrogen (secondary N) is 1. The van der Waals surface area contributed by atoms with Gasteiger partial charge in [-0.2, -0.15) is 10.3 Å². The standard InChI is InChI=1S/C25H23N7/c1-2-24-26-23(16-18-8-4-3-5-9-18)29-32(24)17-19-12-14-20(15-13-19)21-10-6-7-11-22(21)25-27-30-31-28-25/h3-15H,2,16-17H2,1H3,(H,27,28,30,31). The van der Waals surface area contributed by atoms with Crippen molar-refractivity contribution in [2.45, 2.75) is 26.3 Å². The molecular weight excluding hydrogens is 398 g/mol. The Hall–Kier alpha value is -4.13. The van der Waals surface area contributed by atoms with Crippen LogP contribution in [0.2, 0.25) is 0 Å². The highest BCUT2D eigenvalue weighted by molar-refractivity contribution is 5.80. The molecule has 7 nitrogen and oxygen atoms in total. The molecule has 0 unspecified atom stereocenters. The Kier molecular flexibility index (Phi) is 5.53. The van der Waals surface area contributed by atoms with Crippen LogP contribution in [0.5, 0.6) is 0 Å². The molecule has 0 aliphatic rings. The van der Waals surface area contributed by atoms with Gasteiger partial charge in [0, 0.05) is 18.4 Å². The average Bonchev–Trinajstić information content (AvgIpc) is 3.50. The third-order valence-corrected chi connectivity index (χ3v) is 5.42. The molecule has 0 saturated carbocycles. The molecule has 7 heteroatoms. The highest BCUT2D eigenvalue weighted by atomic mass is 15.5. The van der Waals surface area contributed by atoms with Crippen LogP contribution in [-0.4, -0.2) is 35.4 Å². The van der Waals surface area contributed by atoms with Crippen LogP contribution >= 0.6 is 0 Å². The van der Waals surface area contributed by atoms with Crippen molar-refractivity contribution >= 4 is 0 Å². The van der Waals surface area contributed by atoms with Crippen molar-refractivity contribution in [1.29, 1.82) is 0 Å². The summed E-state index contributed by atoms with van der Waals surface area (Å²) >= 11 is 0. The first-order valence-corrected chi connectivity index (χ1v) is 10.7. The van der Waals surface area contributed by atoms with Crippen LogP contribution in [0.25, 0.3) is 22.5 Å². The maximum absolute atomic E-state index is 4.78. The minimum absolute atomic E-state index is 0.589. The number of benzene rings is 3. The maximum atomic E-state index is 4.78. The fraction of sp³-hybridized carbons (Fsp3) is 0.160. The molecule has 0 aliphatic heterocycles. The van der Waals surface area contributed by atoms with Crippen LogP contribution in [0.4, 0.5) is 0 Å². The lowest BCUT2D eigenvalue weighted by atomic mass is 9.98. The molecule has 0 fully saturated rings. The smallest absolute Gasteiger partial charge is 0.205 e. The van der Waals surface area contributed by atoms with Crippen LogP contribution in [0.3, 0.4) is 0 Å². The van der Waals surface area contributed by atoms with Crippen molar-refractivity contribution in [3.05, 3.63) is 102 Å². The first-order chi connectivity index (χ1) is 15.8. The highest BCUT2D eigenvalue weighted by Gasteiger charge is 2.12. The van der Waals surface area contributed by atoms with E-state index in [1.807, 2.05) is 41.1 Å². The van der Waals surface area contributed by atoms with Gasteiger partial charge in [-0.15, -0.1) is 10.2 Å². The summed E-state index contributed by atoms with van der Waals surface area (Å²) in [7, 11) is 0. The van der Waals surface area contributed by atoms with Gasteiger partial charge < -0.3 is 0 Å². The zero-order valence-corrected chi connectivity index (χ0v) is 17.8. The first-order valence-electron chi connectivity index (χ1n) is 10.7. The van der Waals surface area contributed by atoms with Crippen LogP contribution in [0.1, 0.15) is 29.7 Å². The summed E-state index contributed by atoms with van der Waals surface area (Å²) in [5, 5.41) is 19.3. The van der Waals surface area contributed by atoms with E-state index in [2.05, 4.69) is 70.0 Å². The van der Waals surface area contributed by atoms with Gasteiger partial charge in [-0.05, 0) is 27.5 Å². The van der Waals surface area contributed by atoms with Gasteiger partial charge in [-0.25, -0.2) is 9.67 Å². The van der Waals surface area contributed by atoms with Crippen molar-refractivity contribution in [3.8, 4) is 22.5 Å². The summed E-state index contributed by atoms with van der Waals surface area (Å²) in [5.41, 5.74) is 5.52. The fourth-order valence-electron chi connectivity index (χ4n) is 3.84. The summed E-state index contributed by atoms with van der Waals surface area (Å²) in [6, 6.07) is 26.9. The number of aryl methyl sites for hydroxylation is 1. The molecule has 0 aliphatic carbocycles. The zero-order chi connectivity index (χ0) is 21.8. The fourth-order valence-corrected chi connectivity index (χ4v) is 3.84. The number of nitrogens with zero attached hydrogens (tertiary/aromatic N) is 6. The van der Waals surface area contributed by atoms with Crippen LogP contribution in [-0.2, 0) is 19.4 Å². The molecule has 2 aromatic heterocycles. The molecule has 5 aromatic rings. The van der Waals surface area contributed by atoms with E-state index in [4.69, 9.17) is 10.1 Å². The molecule has 0 bridgehead atoms. The largest absolute Gasteiger partial charge is 0.245 e. The average molecular weight is 422 g/mol. The normalized spacial score (nSPS) is 11.0. The molecule has 0 radical (unpaired) electrons. The first kappa shape index (κ1) is 19.8. The molecule has 0 saturated heterocycles. The Bertz CT molecular complexity index is 1290. The number of aromatic nitrogens is 7. The molecule has 2 heterocycles. The van der Waals surface area contributed by atoms with Gasteiger partial charge in [0.2, 0.25) is 5.82 Å². The van der Waals surface area contributed by atoms with Crippen LogP contribution in [0.15, 0.2) is 78.9 Å². The zero-order valence-electron chi connectivity index (χ0n) is 17.8. The van der Waals surface area contributed by atoms with E-state index in [0.717, 1.165) is 41.2 Å². The Balaban J connectivity index is 1.37. The number of hydrogen-bond donors (Lipinski definition) is 1. The van der Waals surface area contributed by atoms with Crippen molar-refractivity contribution in [2.75, 3.05) is 0 Å². The lowest BCUT2D eigenvalue weighted by Crippen LogP contribution is -2.06. The number of hydrogen-bond acceptors (Lipinski definition) is 5. The molecule has 1 N–H and O–H groups in total. The molecule has 0 atom stereocenters. The van der Waals surface area contributed by atoms with Gasteiger partial charge in [-0.3, -0.25) is 0 Å². The second-order valence-electron chi connectivity index (χ2n) is 7.60. The number of aromatic amines is 1. The lowest BCUT2D eigenvalue weighted by Gasteiger charge is -2.09. The Morgan fingerprint density at radius 3 is 2.28 bits per heavy atom. The van der Waals surface area contributed by atoms with Crippen LogP contribution in [0, 0.1) is 0 Å². The molecule has 32 heavy (non-hydrogen) atoms. The number of rotatable bonds is 7. The Labute approximate surface area is 186 Å². The minimum atomic E-state index is 0.589. The van der Waals surface area contributed by atoms with Crippen molar-refractivity contribution in [3.63, 3.8) is 0 Å². The topological polar surface area (TPSA) is 85.2 Å². The summed E-state index contributed by atoms with van der Waals surface area (Å²) in [6.07, 6.45) is 1.59. The Morgan fingerprint density at radius 1 is 0.812 bits per heavy atom. The van der Waals surface area contributed by atoms with Crippen molar-refractivity contribution in [2.24, 2.45) is 0 Å². The number of tetrazole rings is 1. The molecular formula is C25H23N7. The van der Waals surface area contributed by atoms with Gasteiger partial charge in [0.05, 0.1) is 6.54 Å². The summed E-state index contributed by atoms with van der Waals surface area (Å²) in [4.78, 5) is 4.75. The molecule has 158 valence electrons. The van der Waals surface area contributed by atoms with Crippen LogP contribution < -0.4 is 0 Å². The van der Waals surface area contributed by atoms with Gasteiger partial charge in [0.15, 0.2) is 5.82 Å². The SMILES string of the molecule is CCc1nc(Cc2ccccc2)nn1Cc1ccc(-c2ccccc2-c2nn[nH]n2)cc1.